The van der Waals surface area contributed by atoms with Crippen molar-refractivity contribution in [3.8, 4) is 0 Å². The number of aliphatic carboxylic acids is 1. The van der Waals surface area contributed by atoms with Crippen LogP contribution in [0.2, 0.25) is 0 Å². The van der Waals surface area contributed by atoms with Gasteiger partial charge in [0.2, 0.25) is 0 Å². The van der Waals surface area contributed by atoms with Crippen molar-refractivity contribution in [2.75, 3.05) is 20.3 Å². The van der Waals surface area contributed by atoms with Gasteiger partial charge in [0.1, 0.15) is 6.04 Å². The fourth-order valence-electron chi connectivity index (χ4n) is 1.69. The minimum Gasteiger partial charge on any atom is -0.480 e. The van der Waals surface area contributed by atoms with Gasteiger partial charge in [-0.05, 0) is 18.4 Å². The van der Waals surface area contributed by atoms with E-state index in [1.807, 2.05) is 30.3 Å². The molecule has 0 aliphatic rings. The number of carbonyl (C=O) groups is 2. The lowest BCUT2D eigenvalue weighted by molar-refractivity contribution is -0.139. The first kappa shape index (κ1) is 16.0. The van der Waals surface area contributed by atoms with Crippen molar-refractivity contribution in [2.24, 2.45) is 0 Å². The van der Waals surface area contributed by atoms with E-state index in [0.717, 1.165) is 5.56 Å². The predicted octanol–water partition coefficient (Wildman–Crippen LogP) is 1.02. The molecule has 0 aliphatic heterocycles. The van der Waals surface area contributed by atoms with Crippen molar-refractivity contribution >= 4 is 12.0 Å². The molecule has 0 fully saturated rings. The summed E-state index contributed by atoms with van der Waals surface area (Å²) in [6.45, 7) is 0.725. The molecule has 110 valence electrons. The molecule has 1 aromatic carbocycles. The zero-order chi connectivity index (χ0) is 14.8. The van der Waals surface area contributed by atoms with Crippen LogP contribution in [0, 0.1) is 0 Å². The molecule has 1 aromatic rings. The minimum atomic E-state index is -1.04. The van der Waals surface area contributed by atoms with E-state index in [4.69, 9.17) is 9.84 Å². The molecule has 0 saturated heterocycles. The molecule has 0 bridgehead atoms. The van der Waals surface area contributed by atoms with Crippen LogP contribution in [0.15, 0.2) is 30.3 Å². The number of rotatable bonds is 8. The van der Waals surface area contributed by atoms with Crippen LogP contribution < -0.4 is 10.6 Å². The van der Waals surface area contributed by atoms with Crippen LogP contribution in [0.4, 0.5) is 4.79 Å². The molecule has 0 unspecified atom stereocenters. The Morgan fingerprint density at radius 1 is 1.30 bits per heavy atom. The van der Waals surface area contributed by atoms with Gasteiger partial charge in [-0.1, -0.05) is 30.3 Å². The highest BCUT2D eigenvalue weighted by Crippen LogP contribution is 2.05. The Labute approximate surface area is 118 Å². The molecule has 0 spiro atoms. The summed E-state index contributed by atoms with van der Waals surface area (Å²) in [5.74, 6) is -1.04. The first-order valence-electron chi connectivity index (χ1n) is 6.43. The van der Waals surface area contributed by atoms with E-state index >= 15 is 0 Å². The summed E-state index contributed by atoms with van der Waals surface area (Å²) in [7, 11) is 1.53. The lowest BCUT2D eigenvalue weighted by Crippen LogP contribution is -2.46. The summed E-state index contributed by atoms with van der Waals surface area (Å²) in [6.07, 6.45) is 0.938. The van der Waals surface area contributed by atoms with Gasteiger partial charge in [0.25, 0.3) is 0 Å². The maximum absolute atomic E-state index is 11.5. The number of carbonyl (C=O) groups excluding carboxylic acids is 1. The maximum Gasteiger partial charge on any atom is 0.326 e. The highest BCUT2D eigenvalue weighted by atomic mass is 16.5. The molecule has 3 N–H and O–H groups in total. The third-order valence-corrected chi connectivity index (χ3v) is 2.76. The molecule has 0 aliphatic carbocycles. The van der Waals surface area contributed by atoms with Crippen LogP contribution in [0.3, 0.4) is 0 Å². The first-order valence-corrected chi connectivity index (χ1v) is 6.43. The highest BCUT2D eigenvalue weighted by Gasteiger charge is 2.19. The molecule has 6 nitrogen and oxygen atoms in total. The van der Waals surface area contributed by atoms with E-state index in [2.05, 4.69) is 10.6 Å². The molecule has 0 radical (unpaired) electrons. The topological polar surface area (TPSA) is 87.7 Å². The Hall–Kier alpha value is -2.08. The highest BCUT2D eigenvalue weighted by molar-refractivity contribution is 5.82. The Balaban J connectivity index is 2.40. The number of methoxy groups -OCH3 is 1. The zero-order valence-corrected chi connectivity index (χ0v) is 11.5. The predicted molar refractivity (Wildman–Crippen MR) is 74.6 cm³/mol. The van der Waals surface area contributed by atoms with Crippen molar-refractivity contribution in [1.82, 2.24) is 10.6 Å². The molecule has 1 rings (SSSR count). The van der Waals surface area contributed by atoms with E-state index in [-0.39, 0.29) is 0 Å². The summed E-state index contributed by atoms with van der Waals surface area (Å²) < 4.78 is 4.79. The van der Waals surface area contributed by atoms with Crippen LogP contribution in [-0.2, 0) is 16.0 Å². The van der Waals surface area contributed by atoms with Gasteiger partial charge >= 0.3 is 12.0 Å². The van der Waals surface area contributed by atoms with Crippen LogP contribution in [0.5, 0.6) is 0 Å². The molecule has 20 heavy (non-hydrogen) atoms. The van der Waals surface area contributed by atoms with Gasteiger partial charge in [-0.15, -0.1) is 0 Å². The van der Waals surface area contributed by atoms with E-state index < -0.39 is 18.0 Å². The second kappa shape index (κ2) is 8.92. The van der Waals surface area contributed by atoms with Gasteiger partial charge in [-0.25, -0.2) is 9.59 Å². The Morgan fingerprint density at radius 3 is 2.60 bits per heavy atom. The van der Waals surface area contributed by atoms with Gasteiger partial charge in [0, 0.05) is 13.7 Å². The third kappa shape index (κ3) is 6.19. The molecule has 6 heteroatoms. The summed E-state index contributed by atoms with van der Waals surface area (Å²) in [6, 6.07) is 8.15. The number of hydrogen-bond donors (Lipinski definition) is 3. The zero-order valence-electron chi connectivity index (χ0n) is 11.5. The number of carboxylic acid groups (broad SMARTS) is 1. The number of nitrogens with one attached hydrogen (secondary N) is 2. The van der Waals surface area contributed by atoms with E-state index in [1.165, 1.54) is 7.11 Å². The second-order valence-electron chi connectivity index (χ2n) is 4.31. The molecule has 0 heterocycles. The fraction of sp³-hybridized carbons (Fsp3) is 0.429. The quantitative estimate of drug-likeness (QED) is 0.620. The first-order chi connectivity index (χ1) is 9.63. The van der Waals surface area contributed by atoms with Crippen LogP contribution >= 0.6 is 0 Å². The van der Waals surface area contributed by atoms with Crippen LogP contribution in [0.25, 0.3) is 0 Å². The monoisotopic (exact) mass is 280 g/mol. The lowest BCUT2D eigenvalue weighted by atomic mass is 10.1. The molecular weight excluding hydrogens is 260 g/mol. The average Bonchev–Trinajstić information content (AvgIpc) is 2.44. The molecular formula is C14H20N2O4. The van der Waals surface area contributed by atoms with E-state index in [0.29, 0.717) is 26.0 Å². The summed E-state index contributed by atoms with van der Waals surface area (Å²) >= 11 is 0. The SMILES string of the molecule is COCCNC(=O)N[C@@H](CCc1ccccc1)C(=O)O. The van der Waals surface area contributed by atoms with Crippen LogP contribution in [-0.4, -0.2) is 43.4 Å². The van der Waals surface area contributed by atoms with E-state index in [9.17, 15) is 9.59 Å². The smallest absolute Gasteiger partial charge is 0.326 e. The third-order valence-electron chi connectivity index (χ3n) is 2.76. The Morgan fingerprint density at radius 2 is 2.00 bits per heavy atom. The average molecular weight is 280 g/mol. The Bertz CT molecular complexity index is 422. The minimum absolute atomic E-state index is 0.341. The number of ether oxygens (including phenoxy) is 1. The maximum atomic E-state index is 11.5. The van der Waals surface area contributed by atoms with Gasteiger partial charge in [-0.2, -0.15) is 0 Å². The number of carboxylic acids is 1. The van der Waals surface area contributed by atoms with Crippen molar-refractivity contribution in [3.05, 3.63) is 35.9 Å². The van der Waals surface area contributed by atoms with Crippen LogP contribution in [0.1, 0.15) is 12.0 Å². The lowest BCUT2D eigenvalue weighted by Gasteiger charge is -2.15. The van der Waals surface area contributed by atoms with E-state index in [1.54, 1.807) is 0 Å². The number of amides is 2. The summed E-state index contributed by atoms with van der Waals surface area (Å²) in [5, 5.41) is 14.1. The molecule has 2 amide bonds. The fourth-order valence-corrected chi connectivity index (χ4v) is 1.69. The number of urea groups is 1. The standard InChI is InChI=1S/C14H20N2O4/c1-20-10-9-15-14(19)16-12(13(17)18)8-7-11-5-3-2-4-6-11/h2-6,12H,7-10H2,1H3,(H,17,18)(H2,15,16,19)/t12-/m0/s1. The second-order valence-corrected chi connectivity index (χ2v) is 4.31. The molecule has 0 saturated carbocycles. The number of aryl methyl sites for hydroxylation is 1. The van der Waals surface area contributed by atoms with Gasteiger partial charge in [0.15, 0.2) is 0 Å². The largest absolute Gasteiger partial charge is 0.480 e. The van der Waals surface area contributed by atoms with Gasteiger partial charge in [-0.3, -0.25) is 0 Å². The van der Waals surface area contributed by atoms with Crippen molar-refractivity contribution in [3.63, 3.8) is 0 Å². The summed E-state index contributed by atoms with van der Waals surface area (Å²) in [5.41, 5.74) is 1.04. The van der Waals surface area contributed by atoms with Gasteiger partial charge in [0.05, 0.1) is 6.61 Å². The van der Waals surface area contributed by atoms with Crippen molar-refractivity contribution < 1.29 is 19.4 Å². The van der Waals surface area contributed by atoms with Gasteiger partial charge < -0.3 is 20.5 Å². The van der Waals surface area contributed by atoms with Crippen molar-refractivity contribution in [2.45, 2.75) is 18.9 Å². The molecule has 0 aromatic heterocycles. The molecule has 1 atom stereocenters. The Kier molecular flexibility index (Phi) is 7.13. The number of hydrogen-bond acceptors (Lipinski definition) is 3. The summed E-state index contributed by atoms with van der Waals surface area (Å²) in [4.78, 5) is 22.6. The normalized spacial score (nSPS) is 11.7. The number of benzene rings is 1. The van der Waals surface area contributed by atoms with Crippen molar-refractivity contribution in [1.29, 1.82) is 0 Å².